The van der Waals surface area contributed by atoms with Crippen LogP contribution in [0.25, 0.3) is 0 Å². The molecule has 2 amide bonds. The Morgan fingerprint density at radius 2 is 2.00 bits per heavy atom. The first-order chi connectivity index (χ1) is 13.3. The van der Waals surface area contributed by atoms with Gasteiger partial charge in [0, 0.05) is 36.4 Å². The highest BCUT2D eigenvalue weighted by Gasteiger charge is 2.25. The molecule has 2 aromatic rings. The summed E-state index contributed by atoms with van der Waals surface area (Å²) < 4.78 is 0. The van der Waals surface area contributed by atoms with E-state index in [4.69, 9.17) is 11.0 Å². The number of hydrogen-bond acceptors (Lipinski definition) is 5. The fourth-order valence-electron chi connectivity index (χ4n) is 3.09. The summed E-state index contributed by atoms with van der Waals surface area (Å²) in [6, 6.07) is 9.12. The number of aromatic amines is 1. The van der Waals surface area contributed by atoms with Crippen LogP contribution in [0.15, 0.2) is 24.3 Å². The van der Waals surface area contributed by atoms with E-state index in [1.54, 1.807) is 12.1 Å². The molecule has 8 nitrogen and oxygen atoms in total. The van der Waals surface area contributed by atoms with Crippen LogP contribution in [0.4, 0.5) is 0 Å². The van der Waals surface area contributed by atoms with Gasteiger partial charge < -0.3 is 16.2 Å². The lowest BCUT2D eigenvalue weighted by molar-refractivity contribution is -0.117. The zero-order valence-electron chi connectivity index (χ0n) is 16.0. The van der Waals surface area contributed by atoms with Crippen molar-refractivity contribution in [3.63, 3.8) is 0 Å². The summed E-state index contributed by atoms with van der Waals surface area (Å²) in [5.41, 5.74) is 7.83. The van der Waals surface area contributed by atoms with Crippen molar-refractivity contribution in [2.45, 2.75) is 44.9 Å². The molecule has 0 aliphatic heterocycles. The van der Waals surface area contributed by atoms with Crippen LogP contribution in [0.3, 0.4) is 0 Å². The van der Waals surface area contributed by atoms with Crippen molar-refractivity contribution in [3.8, 4) is 11.9 Å². The Morgan fingerprint density at radius 3 is 2.57 bits per heavy atom. The normalized spacial score (nSPS) is 11.8. The summed E-state index contributed by atoms with van der Waals surface area (Å²) in [5.74, 6) is -0.887. The van der Waals surface area contributed by atoms with E-state index in [1.807, 2.05) is 26.0 Å². The third-order valence-electron chi connectivity index (χ3n) is 4.49. The number of nitriles is 1. The Balaban J connectivity index is 2.26. The van der Waals surface area contributed by atoms with E-state index in [-0.39, 0.29) is 36.6 Å². The molecular weight excluding hydrogens is 358 g/mol. The fourth-order valence-corrected chi connectivity index (χ4v) is 3.09. The SMILES string of the molecule is CC(C)c1n[nH]c(O)c1C(CCC#N)c1ccc(C(=O)NCCC(N)=O)cc1. The van der Waals surface area contributed by atoms with Crippen molar-refractivity contribution in [2.24, 2.45) is 5.73 Å². The number of benzene rings is 1. The van der Waals surface area contributed by atoms with Crippen LogP contribution in [0, 0.1) is 11.3 Å². The molecule has 148 valence electrons. The zero-order valence-corrected chi connectivity index (χ0v) is 16.0. The molecule has 0 bridgehead atoms. The number of aromatic nitrogens is 2. The van der Waals surface area contributed by atoms with Crippen LogP contribution >= 0.6 is 0 Å². The minimum absolute atomic E-state index is 0.0000823. The highest BCUT2D eigenvalue weighted by atomic mass is 16.3. The van der Waals surface area contributed by atoms with E-state index < -0.39 is 5.91 Å². The first-order valence-corrected chi connectivity index (χ1v) is 9.15. The molecule has 1 aromatic carbocycles. The van der Waals surface area contributed by atoms with Crippen LogP contribution in [-0.2, 0) is 4.79 Å². The van der Waals surface area contributed by atoms with Gasteiger partial charge in [-0.2, -0.15) is 10.4 Å². The zero-order chi connectivity index (χ0) is 20.7. The molecule has 28 heavy (non-hydrogen) atoms. The number of aromatic hydroxyl groups is 1. The molecule has 1 heterocycles. The summed E-state index contributed by atoms with van der Waals surface area (Å²) in [4.78, 5) is 22.9. The number of nitrogens with two attached hydrogens (primary N) is 1. The van der Waals surface area contributed by atoms with Crippen molar-refractivity contribution in [2.75, 3.05) is 6.54 Å². The standard InChI is InChI=1S/C20H25N5O3/c1-12(2)18-17(20(28)25-24-18)15(4-3-10-21)13-5-7-14(8-6-13)19(27)23-11-9-16(22)26/h5-8,12,15H,3-4,9,11H2,1-2H3,(H2,22,26)(H,23,27)(H2,24,25,28). The molecule has 0 aliphatic carbocycles. The quantitative estimate of drug-likeness (QED) is 0.525. The number of nitrogens with zero attached hydrogens (tertiary/aromatic N) is 2. The summed E-state index contributed by atoms with van der Waals surface area (Å²) in [5, 5.41) is 28.8. The number of H-pyrrole nitrogens is 1. The van der Waals surface area contributed by atoms with E-state index >= 15 is 0 Å². The van der Waals surface area contributed by atoms with Gasteiger partial charge >= 0.3 is 0 Å². The van der Waals surface area contributed by atoms with Crippen molar-refractivity contribution in [3.05, 3.63) is 46.6 Å². The topological polar surface area (TPSA) is 145 Å². The van der Waals surface area contributed by atoms with Gasteiger partial charge in [0.15, 0.2) is 0 Å². The first-order valence-electron chi connectivity index (χ1n) is 9.15. The molecule has 5 N–H and O–H groups in total. The average Bonchev–Trinajstić information content (AvgIpc) is 3.04. The molecule has 2 rings (SSSR count). The van der Waals surface area contributed by atoms with Gasteiger partial charge in [-0.25, -0.2) is 5.10 Å². The van der Waals surface area contributed by atoms with Gasteiger partial charge in [-0.1, -0.05) is 26.0 Å². The smallest absolute Gasteiger partial charge is 0.251 e. The fraction of sp³-hybridized carbons (Fsp3) is 0.400. The maximum Gasteiger partial charge on any atom is 0.251 e. The van der Waals surface area contributed by atoms with Crippen molar-refractivity contribution < 1.29 is 14.7 Å². The molecule has 8 heteroatoms. The van der Waals surface area contributed by atoms with Gasteiger partial charge in [0.05, 0.1) is 11.8 Å². The summed E-state index contributed by atoms with van der Waals surface area (Å²) in [6.45, 7) is 4.15. The van der Waals surface area contributed by atoms with E-state index in [0.29, 0.717) is 24.0 Å². The maximum absolute atomic E-state index is 12.1. The third kappa shape index (κ3) is 5.10. The minimum Gasteiger partial charge on any atom is -0.493 e. The molecule has 0 saturated heterocycles. The minimum atomic E-state index is -0.475. The number of rotatable bonds is 9. The van der Waals surface area contributed by atoms with Crippen molar-refractivity contribution >= 4 is 11.8 Å². The predicted molar refractivity (Wildman–Crippen MR) is 104 cm³/mol. The van der Waals surface area contributed by atoms with E-state index in [1.165, 1.54) is 0 Å². The molecule has 0 spiro atoms. The molecule has 1 atom stereocenters. The average molecular weight is 383 g/mol. The van der Waals surface area contributed by atoms with Gasteiger partial charge in [-0.05, 0) is 30.0 Å². The number of carbonyl (C=O) groups excluding carboxylic acids is 2. The number of amides is 2. The number of primary amides is 1. The lowest BCUT2D eigenvalue weighted by Crippen LogP contribution is -2.27. The van der Waals surface area contributed by atoms with Crippen LogP contribution < -0.4 is 11.1 Å². The highest BCUT2D eigenvalue weighted by molar-refractivity contribution is 5.94. The second-order valence-electron chi connectivity index (χ2n) is 6.87. The van der Waals surface area contributed by atoms with Crippen molar-refractivity contribution in [1.82, 2.24) is 15.5 Å². The Morgan fingerprint density at radius 1 is 1.32 bits per heavy atom. The van der Waals surface area contributed by atoms with E-state index in [0.717, 1.165) is 11.3 Å². The molecule has 0 fully saturated rings. The van der Waals surface area contributed by atoms with E-state index in [9.17, 15) is 14.7 Å². The van der Waals surface area contributed by atoms with Gasteiger partial charge in [-0.3, -0.25) is 9.59 Å². The monoisotopic (exact) mass is 383 g/mol. The van der Waals surface area contributed by atoms with Gasteiger partial charge in [-0.15, -0.1) is 0 Å². The van der Waals surface area contributed by atoms with Crippen LogP contribution in [0.1, 0.15) is 72.1 Å². The van der Waals surface area contributed by atoms with Crippen LogP contribution in [-0.4, -0.2) is 33.7 Å². The molecule has 1 aromatic heterocycles. The highest BCUT2D eigenvalue weighted by Crippen LogP contribution is 2.38. The molecular formula is C20H25N5O3. The molecule has 0 saturated carbocycles. The largest absolute Gasteiger partial charge is 0.493 e. The Kier molecular flexibility index (Phi) is 7.15. The predicted octanol–water partition coefficient (Wildman–Crippen LogP) is 2.28. The summed E-state index contributed by atoms with van der Waals surface area (Å²) >= 11 is 0. The summed E-state index contributed by atoms with van der Waals surface area (Å²) in [7, 11) is 0. The first kappa shape index (κ1) is 21.0. The van der Waals surface area contributed by atoms with Gasteiger partial charge in [0.25, 0.3) is 5.91 Å². The van der Waals surface area contributed by atoms with E-state index in [2.05, 4.69) is 21.6 Å². The van der Waals surface area contributed by atoms with Crippen molar-refractivity contribution in [1.29, 1.82) is 5.26 Å². The third-order valence-corrected chi connectivity index (χ3v) is 4.49. The Hall–Kier alpha value is -3.34. The summed E-state index contributed by atoms with van der Waals surface area (Å²) in [6.07, 6.45) is 0.924. The molecule has 0 aliphatic rings. The Labute approximate surface area is 163 Å². The number of hydrogen-bond donors (Lipinski definition) is 4. The second kappa shape index (κ2) is 9.55. The van der Waals surface area contributed by atoms with Gasteiger partial charge in [0.1, 0.15) is 0 Å². The van der Waals surface area contributed by atoms with Gasteiger partial charge in [0.2, 0.25) is 11.8 Å². The second-order valence-corrected chi connectivity index (χ2v) is 6.87. The maximum atomic E-state index is 12.1. The van der Waals surface area contributed by atoms with Crippen LogP contribution in [0.2, 0.25) is 0 Å². The number of nitrogens with one attached hydrogen (secondary N) is 2. The van der Waals surface area contributed by atoms with Crippen LogP contribution in [0.5, 0.6) is 5.88 Å². The Bertz CT molecular complexity index is 865. The lowest BCUT2D eigenvalue weighted by atomic mass is 9.85. The number of carbonyl (C=O) groups is 2. The molecule has 1 unspecified atom stereocenters. The lowest BCUT2D eigenvalue weighted by Gasteiger charge is -2.18. The molecule has 0 radical (unpaired) electrons.